The van der Waals surface area contributed by atoms with Gasteiger partial charge < -0.3 is 0 Å². The maximum Gasteiger partial charge on any atom is 0.0585 e. The molecule has 0 bridgehead atoms. The van der Waals surface area contributed by atoms with Gasteiger partial charge in [-0.15, -0.1) is 11.6 Å². The number of alkyl halides is 1. The Morgan fingerprint density at radius 2 is 1.50 bits per heavy atom. The zero-order valence-corrected chi connectivity index (χ0v) is 11.5. The molecule has 0 heterocycles. The third-order valence-corrected chi connectivity index (χ3v) is 3.60. The van der Waals surface area contributed by atoms with Crippen molar-refractivity contribution in [3.8, 4) is 0 Å². The smallest absolute Gasteiger partial charge is 0.0585 e. The lowest BCUT2D eigenvalue weighted by Crippen LogP contribution is -1.92. The van der Waals surface area contributed by atoms with Crippen molar-refractivity contribution in [1.82, 2.24) is 0 Å². The van der Waals surface area contributed by atoms with Crippen LogP contribution in [0.1, 0.15) is 41.8 Å². The van der Waals surface area contributed by atoms with Crippen LogP contribution in [0.4, 0.5) is 0 Å². The highest BCUT2D eigenvalue weighted by Crippen LogP contribution is 2.25. The molecule has 1 atom stereocenters. The van der Waals surface area contributed by atoms with Gasteiger partial charge in [0.05, 0.1) is 5.38 Å². The standard InChI is InChI=1S/C17H19Cl/c1-2-6-17(18)16-11-9-15(10-12-16)13-14-7-4-3-5-8-14/h3-5,7-12,17H,2,6,13H2,1H3. The molecule has 94 valence electrons. The zero-order chi connectivity index (χ0) is 12.8. The highest BCUT2D eigenvalue weighted by Gasteiger charge is 2.06. The maximum atomic E-state index is 6.32. The van der Waals surface area contributed by atoms with Gasteiger partial charge in [-0.05, 0) is 29.5 Å². The summed E-state index contributed by atoms with van der Waals surface area (Å²) in [6, 6.07) is 19.2. The van der Waals surface area contributed by atoms with Gasteiger partial charge in [-0.2, -0.15) is 0 Å². The van der Waals surface area contributed by atoms with E-state index in [1.807, 2.05) is 0 Å². The van der Waals surface area contributed by atoms with Gasteiger partial charge in [-0.25, -0.2) is 0 Å². The fraction of sp³-hybridized carbons (Fsp3) is 0.294. The lowest BCUT2D eigenvalue weighted by molar-refractivity contribution is 0.770. The van der Waals surface area contributed by atoms with Crippen molar-refractivity contribution in [1.29, 1.82) is 0 Å². The zero-order valence-electron chi connectivity index (χ0n) is 10.8. The molecule has 0 spiro atoms. The van der Waals surface area contributed by atoms with Crippen LogP contribution in [0.5, 0.6) is 0 Å². The summed E-state index contributed by atoms with van der Waals surface area (Å²) < 4.78 is 0. The summed E-state index contributed by atoms with van der Waals surface area (Å²) in [5.41, 5.74) is 3.92. The van der Waals surface area contributed by atoms with Crippen LogP contribution in [-0.2, 0) is 6.42 Å². The molecule has 18 heavy (non-hydrogen) atoms. The Balaban J connectivity index is 2.04. The molecule has 0 aliphatic carbocycles. The Morgan fingerprint density at radius 1 is 0.889 bits per heavy atom. The fourth-order valence-corrected chi connectivity index (χ4v) is 2.46. The Bertz CT molecular complexity index is 459. The Kier molecular flexibility index (Phi) is 4.83. The van der Waals surface area contributed by atoms with E-state index in [0.29, 0.717) is 0 Å². The number of hydrogen-bond donors (Lipinski definition) is 0. The first kappa shape index (κ1) is 13.2. The van der Waals surface area contributed by atoms with Crippen LogP contribution in [-0.4, -0.2) is 0 Å². The molecule has 2 aromatic rings. The van der Waals surface area contributed by atoms with Gasteiger partial charge in [0.15, 0.2) is 0 Å². The summed E-state index contributed by atoms with van der Waals surface area (Å²) in [7, 11) is 0. The molecule has 0 radical (unpaired) electrons. The number of halogens is 1. The fourth-order valence-electron chi connectivity index (χ4n) is 2.10. The quantitative estimate of drug-likeness (QED) is 0.634. The lowest BCUT2D eigenvalue weighted by Gasteiger charge is -2.09. The van der Waals surface area contributed by atoms with Gasteiger partial charge in [0.1, 0.15) is 0 Å². The van der Waals surface area contributed by atoms with Gasteiger partial charge >= 0.3 is 0 Å². The Morgan fingerprint density at radius 3 is 2.11 bits per heavy atom. The summed E-state index contributed by atoms with van der Waals surface area (Å²) in [5.74, 6) is 0. The van der Waals surface area contributed by atoms with E-state index >= 15 is 0 Å². The van der Waals surface area contributed by atoms with Crippen molar-refractivity contribution in [2.24, 2.45) is 0 Å². The average molecular weight is 259 g/mol. The average Bonchev–Trinajstić information content (AvgIpc) is 2.41. The molecule has 1 heteroatoms. The molecule has 0 aromatic heterocycles. The molecular formula is C17H19Cl. The number of rotatable bonds is 5. The van der Waals surface area contributed by atoms with E-state index in [0.717, 1.165) is 19.3 Å². The predicted molar refractivity (Wildman–Crippen MR) is 79.2 cm³/mol. The topological polar surface area (TPSA) is 0 Å². The second-order valence-corrected chi connectivity index (χ2v) is 5.19. The van der Waals surface area contributed by atoms with Crippen LogP contribution in [0.15, 0.2) is 54.6 Å². The van der Waals surface area contributed by atoms with Crippen molar-refractivity contribution >= 4 is 11.6 Å². The summed E-state index contributed by atoms with van der Waals surface area (Å²) in [4.78, 5) is 0. The van der Waals surface area contributed by atoms with E-state index in [1.165, 1.54) is 16.7 Å². The van der Waals surface area contributed by atoms with Crippen LogP contribution < -0.4 is 0 Å². The lowest BCUT2D eigenvalue weighted by atomic mass is 10.0. The molecule has 1 unspecified atom stereocenters. The van der Waals surface area contributed by atoms with Crippen LogP contribution in [0.3, 0.4) is 0 Å². The molecule has 0 N–H and O–H groups in total. The highest BCUT2D eigenvalue weighted by molar-refractivity contribution is 6.20. The third kappa shape index (κ3) is 3.61. The van der Waals surface area contributed by atoms with Gasteiger partial charge in [0.2, 0.25) is 0 Å². The maximum absolute atomic E-state index is 6.32. The predicted octanol–water partition coefficient (Wildman–Crippen LogP) is 5.36. The van der Waals surface area contributed by atoms with Gasteiger partial charge in [-0.3, -0.25) is 0 Å². The summed E-state index contributed by atoms with van der Waals surface area (Å²) in [5, 5.41) is 0.153. The molecular weight excluding hydrogens is 240 g/mol. The Hall–Kier alpha value is -1.27. The Labute approximate surface area is 115 Å². The minimum Gasteiger partial charge on any atom is -0.118 e. The van der Waals surface area contributed by atoms with E-state index in [9.17, 15) is 0 Å². The summed E-state index contributed by atoms with van der Waals surface area (Å²) in [6.07, 6.45) is 3.15. The van der Waals surface area contributed by atoms with Crippen molar-refractivity contribution in [3.63, 3.8) is 0 Å². The highest BCUT2D eigenvalue weighted by atomic mass is 35.5. The van der Waals surface area contributed by atoms with Crippen molar-refractivity contribution in [2.75, 3.05) is 0 Å². The second kappa shape index (κ2) is 6.61. The minimum absolute atomic E-state index is 0.153. The van der Waals surface area contributed by atoms with Gasteiger partial charge in [0.25, 0.3) is 0 Å². The molecule has 0 saturated heterocycles. The SMILES string of the molecule is CCCC(Cl)c1ccc(Cc2ccccc2)cc1. The van der Waals surface area contributed by atoms with Crippen molar-refractivity contribution in [3.05, 3.63) is 71.3 Å². The molecule has 0 fully saturated rings. The second-order valence-electron chi connectivity index (χ2n) is 4.66. The first-order valence-corrected chi connectivity index (χ1v) is 7.00. The normalized spacial score (nSPS) is 12.3. The minimum atomic E-state index is 0.153. The van der Waals surface area contributed by atoms with Crippen LogP contribution in [0, 0.1) is 0 Å². The molecule has 2 aromatic carbocycles. The largest absolute Gasteiger partial charge is 0.118 e. The third-order valence-electron chi connectivity index (χ3n) is 3.13. The van der Waals surface area contributed by atoms with Gasteiger partial charge in [0, 0.05) is 0 Å². The molecule has 2 rings (SSSR count). The first-order valence-electron chi connectivity index (χ1n) is 6.56. The van der Waals surface area contributed by atoms with Gasteiger partial charge in [-0.1, -0.05) is 67.9 Å². The molecule has 0 aliphatic rings. The monoisotopic (exact) mass is 258 g/mol. The molecule has 0 amide bonds. The summed E-state index contributed by atoms with van der Waals surface area (Å²) >= 11 is 6.32. The molecule has 0 aliphatic heterocycles. The first-order chi connectivity index (χ1) is 8.79. The van der Waals surface area contributed by atoms with Crippen molar-refractivity contribution in [2.45, 2.75) is 31.6 Å². The van der Waals surface area contributed by atoms with E-state index in [4.69, 9.17) is 11.6 Å². The van der Waals surface area contributed by atoms with Crippen LogP contribution in [0.2, 0.25) is 0 Å². The van der Waals surface area contributed by atoms with E-state index in [2.05, 4.69) is 61.5 Å². The van der Waals surface area contributed by atoms with E-state index < -0.39 is 0 Å². The molecule has 0 saturated carbocycles. The summed E-state index contributed by atoms with van der Waals surface area (Å²) in [6.45, 7) is 2.17. The van der Waals surface area contributed by atoms with Crippen LogP contribution >= 0.6 is 11.6 Å². The van der Waals surface area contributed by atoms with Crippen LogP contribution in [0.25, 0.3) is 0 Å². The molecule has 0 nitrogen and oxygen atoms in total. The number of benzene rings is 2. The van der Waals surface area contributed by atoms with E-state index in [-0.39, 0.29) is 5.38 Å². The van der Waals surface area contributed by atoms with E-state index in [1.54, 1.807) is 0 Å². The van der Waals surface area contributed by atoms with Crippen molar-refractivity contribution < 1.29 is 0 Å². The number of hydrogen-bond acceptors (Lipinski definition) is 0.